The summed E-state index contributed by atoms with van der Waals surface area (Å²) in [7, 11) is 1.70. The van der Waals surface area contributed by atoms with Gasteiger partial charge in [-0.3, -0.25) is 9.79 Å². The van der Waals surface area contributed by atoms with Crippen molar-refractivity contribution >= 4 is 17.8 Å². The molecule has 6 heteroatoms. The van der Waals surface area contributed by atoms with Gasteiger partial charge < -0.3 is 19.5 Å². The summed E-state index contributed by atoms with van der Waals surface area (Å²) < 4.78 is 10.9. The molecule has 1 fully saturated rings. The minimum absolute atomic E-state index is 0.00387. The maximum absolute atomic E-state index is 12.8. The second-order valence-electron chi connectivity index (χ2n) is 6.52. The Morgan fingerprint density at radius 1 is 1.28 bits per heavy atom. The zero-order chi connectivity index (χ0) is 17.6. The second kappa shape index (κ2) is 8.45. The Hall–Kier alpha value is -1.92. The highest BCUT2D eigenvalue weighted by atomic mass is 16.5. The number of nitrogens with zero attached hydrogens (tertiary/aromatic N) is 2. The molecular formula is C19H26N2O4. The van der Waals surface area contributed by atoms with Crippen LogP contribution in [0.15, 0.2) is 17.1 Å². The van der Waals surface area contributed by atoms with Gasteiger partial charge in [0.15, 0.2) is 0 Å². The molecule has 0 spiro atoms. The summed E-state index contributed by atoms with van der Waals surface area (Å²) in [6.45, 7) is 1.94. The van der Waals surface area contributed by atoms with Crippen LogP contribution in [0.4, 0.5) is 5.69 Å². The van der Waals surface area contributed by atoms with Gasteiger partial charge in [-0.25, -0.2) is 0 Å². The first-order valence-corrected chi connectivity index (χ1v) is 8.99. The fourth-order valence-electron chi connectivity index (χ4n) is 3.38. The van der Waals surface area contributed by atoms with Gasteiger partial charge in [0.05, 0.1) is 30.5 Å². The van der Waals surface area contributed by atoms with Gasteiger partial charge in [-0.2, -0.15) is 0 Å². The van der Waals surface area contributed by atoms with E-state index in [9.17, 15) is 9.90 Å². The molecule has 0 unspecified atom stereocenters. The van der Waals surface area contributed by atoms with Crippen LogP contribution < -0.4 is 4.74 Å². The zero-order valence-corrected chi connectivity index (χ0v) is 14.7. The first-order valence-electron chi connectivity index (χ1n) is 8.99. The smallest absolute Gasteiger partial charge is 0.256 e. The van der Waals surface area contributed by atoms with Gasteiger partial charge in [0.25, 0.3) is 5.91 Å². The normalized spacial score (nSPS) is 18.9. The molecule has 0 radical (unpaired) electrons. The molecule has 2 aliphatic heterocycles. The first kappa shape index (κ1) is 17.9. The minimum Gasteiger partial charge on any atom is -0.493 e. The number of aliphatic hydroxyl groups is 1. The number of carbonyl (C=O) groups is 1. The summed E-state index contributed by atoms with van der Waals surface area (Å²) in [5, 5.41) is 9.68. The Kier molecular flexibility index (Phi) is 6.04. The van der Waals surface area contributed by atoms with Crippen molar-refractivity contribution in [2.24, 2.45) is 4.99 Å². The lowest BCUT2D eigenvalue weighted by atomic mass is 10.1. The molecule has 1 atom stereocenters. The topological polar surface area (TPSA) is 71.4 Å². The molecule has 136 valence electrons. The van der Waals surface area contributed by atoms with E-state index in [1.807, 2.05) is 11.1 Å². The van der Waals surface area contributed by atoms with Crippen LogP contribution in [-0.2, 0) is 11.3 Å². The van der Waals surface area contributed by atoms with Crippen LogP contribution in [0.1, 0.15) is 48.0 Å². The third kappa shape index (κ3) is 4.02. The molecule has 0 aromatic heterocycles. The highest BCUT2D eigenvalue weighted by Crippen LogP contribution is 2.34. The van der Waals surface area contributed by atoms with E-state index in [4.69, 9.17) is 9.47 Å². The number of unbranched alkanes of at least 4 members (excludes halogenated alkanes) is 2. The number of benzene rings is 1. The molecule has 2 aliphatic rings. The molecule has 0 saturated carbocycles. The lowest BCUT2D eigenvalue weighted by Crippen LogP contribution is -2.35. The molecule has 0 aliphatic carbocycles. The monoisotopic (exact) mass is 346 g/mol. The third-order valence-electron chi connectivity index (χ3n) is 4.78. The molecular weight excluding hydrogens is 320 g/mol. The van der Waals surface area contributed by atoms with Crippen molar-refractivity contribution in [3.8, 4) is 5.75 Å². The van der Waals surface area contributed by atoms with Crippen molar-refractivity contribution in [1.82, 2.24) is 4.90 Å². The number of carbonyl (C=O) groups excluding carboxylic acids is 1. The predicted octanol–water partition coefficient (Wildman–Crippen LogP) is 2.69. The summed E-state index contributed by atoms with van der Waals surface area (Å²) in [4.78, 5) is 19.2. The average molecular weight is 346 g/mol. The van der Waals surface area contributed by atoms with Gasteiger partial charge in [0.2, 0.25) is 0 Å². The van der Waals surface area contributed by atoms with Crippen molar-refractivity contribution < 1.29 is 19.4 Å². The Balaban J connectivity index is 1.73. The summed E-state index contributed by atoms with van der Waals surface area (Å²) in [6.07, 6.45) is 6.79. The van der Waals surface area contributed by atoms with Crippen LogP contribution >= 0.6 is 0 Å². The zero-order valence-electron chi connectivity index (χ0n) is 14.7. The number of fused-ring (bicyclic) bond motifs is 2. The SMILES string of the molecule is COCCCCCOc1cc2c(cc1CO)C(=O)N1CCC[C@H]1C=N2. The second-order valence-corrected chi connectivity index (χ2v) is 6.52. The highest BCUT2D eigenvalue weighted by molar-refractivity contribution is 6.03. The van der Waals surface area contributed by atoms with Crippen LogP contribution in [0.2, 0.25) is 0 Å². The lowest BCUT2D eigenvalue weighted by molar-refractivity contribution is 0.0774. The summed E-state index contributed by atoms with van der Waals surface area (Å²) in [6, 6.07) is 3.60. The quantitative estimate of drug-likeness (QED) is 0.735. The molecule has 1 amide bonds. The van der Waals surface area contributed by atoms with Gasteiger partial charge in [0, 0.05) is 38.1 Å². The Morgan fingerprint density at radius 3 is 2.92 bits per heavy atom. The van der Waals surface area contributed by atoms with Crippen LogP contribution in [0.5, 0.6) is 5.75 Å². The van der Waals surface area contributed by atoms with Gasteiger partial charge in [-0.05, 0) is 38.2 Å². The number of methoxy groups -OCH3 is 1. The van der Waals surface area contributed by atoms with Crippen molar-refractivity contribution in [2.45, 2.75) is 44.8 Å². The molecule has 1 aromatic carbocycles. The molecule has 1 aromatic rings. The van der Waals surface area contributed by atoms with Gasteiger partial charge in [-0.15, -0.1) is 0 Å². The highest BCUT2D eigenvalue weighted by Gasteiger charge is 2.32. The van der Waals surface area contributed by atoms with E-state index in [1.54, 1.807) is 19.2 Å². The Bertz CT molecular complexity index is 645. The van der Waals surface area contributed by atoms with E-state index in [0.29, 0.717) is 29.2 Å². The average Bonchev–Trinajstić information content (AvgIpc) is 3.06. The number of aliphatic imine (C=N–C) groups is 1. The number of ether oxygens (including phenoxy) is 2. The van der Waals surface area contributed by atoms with Gasteiger partial charge >= 0.3 is 0 Å². The maximum Gasteiger partial charge on any atom is 0.256 e. The van der Waals surface area contributed by atoms with Crippen LogP contribution in [-0.4, -0.2) is 55.0 Å². The van der Waals surface area contributed by atoms with E-state index < -0.39 is 0 Å². The van der Waals surface area contributed by atoms with E-state index >= 15 is 0 Å². The molecule has 6 nitrogen and oxygen atoms in total. The standard InChI is InChI=1S/C19H26N2O4/c1-24-8-3-2-4-9-25-18-11-17-16(10-14(18)13-22)19(23)21-7-5-6-15(21)12-20-17/h10-12,15,22H,2-9,13H2,1H3/t15-/m0/s1. The summed E-state index contributed by atoms with van der Waals surface area (Å²) in [5.74, 6) is 0.607. The number of hydrogen-bond donors (Lipinski definition) is 1. The fourth-order valence-corrected chi connectivity index (χ4v) is 3.38. The Labute approximate surface area is 148 Å². The summed E-state index contributed by atoms with van der Waals surface area (Å²) >= 11 is 0. The largest absolute Gasteiger partial charge is 0.493 e. The minimum atomic E-state index is -0.160. The molecule has 0 bridgehead atoms. The predicted molar refractivity (Wildman–Crippen MR) is 95.8 cm³/mol. The Morgan fingerprint density at radius 2 is 2.12 bits per heavy atom. The van der Waals surface area contributed by atoms with Crippen molar-refractivity contribution in [3.05, 3.63) is 23.3 Å². The lowest BCUT2D eigenvalue weighted by Gasteiger charge is -2.20. The number of aliphatic hydroxyl groups excluding tert-OH is 1. The molecule has 3 rings (SSSR count). The van der Waals surface area contributed by atoms with E-state index in [-0.39, 0.29) is 18.6 Å². The molecule has 1 saturated heterocycles. The van der Waals surface area contributed by atoms with E-state index in [1.165, 1.54) is 0 Å². The third-order valence-corrected chi connectivity index (χ3v) is 4.78. The van der Waals surface area contributed by atoms with Crippen molar-refractivity contribution in [3.63, 3.8) is 0 Å². The molecule has 2 heterocycles. The van der Waals surface area contributed by atoms with E-state index in [0.717, 1.165) is 45.3 Å². The number of rotatable bonds is 8. The fraction of sp³-hybridized carbons (Fsp3) is 0.579. The van der Waals surface area contributed by atoms with Crippen LogP contribution in [0.25, 0.3) is 0 Å². The van der Waals surface area contributed by atoms with Crippen molar-refractivity contribution in [1.29, 1.82) is 0 Å². The van der Waals surface area contributed by atoms with Gasteiger partial charge in [-0.1, -0.05) is 0 Å². The van der Waals surface area contributed by atoms with Gasteiger partial charge in [0.1, 0.15) is 5.75 Å². The number of amides is 1. The van der Waals surface area contributed by atoms with Crippen LogP contribution in [0, 0.1) is 0 Å². The molecule has 1 N–H and O–H groups in total. The number of hydrogen-bond acceptors (Lipinski definition) is 5. The maximum atomic E-state index is 12.8. The van der Waals surface area contributed by atoms with Crippen LogP contribution in [0.3, 0.4) is 0 Å². The van der Waals surface area contributed by atoms with Crippen molar-refractivity contribution in [2.75, 3.05) is 26.9 Å². The molecule has 25 heavy (non-hydrogen) atoms. The summed E-state index contributed by atoms with van der Waals surface area (Å²) in [5.41, 5.74) is 1.82. The first-order chi connectivity index (χ1) is 12.2. The van der Waals surface area contributed by atoms with E-state index in [2.05, 4.69) is 4.99 Å².